The Balaban J connectivity index is 1.91. The van der Waals surface area contributed by atoms with Crippen molar-refractivity contribution in [3.05, 3.63) is 0 Å². The van der Waals surface area contributed by atoms with Crippen LogP contribution in [0.25, 0.3) is 0 Å². The monoisotopic (exact) mass is 416 g/mol. The summed E-state index contributed by atoms with van der Waals surface area (Å²) < 4.78 is 66.9. The molecule has 3 aliphatic rings. The van der Waals surface area contributed by atoms with Crippen LogP contribution in [0, 0.1) is 11.8 Å². The van der Waals surface area contributed by atoms with E-state index in [1.54, 1.807) is 13.8 Å². The summed E-state index contributed by atoms with van der Waals surface area (Å²) in [6.07, 6.45) is -1.75. The molecule has 3 rings (SSSR count). The van der Waals surface area contributed by atoms with Crippen molar-refractivity contribution >= 4 is 33.8 Å². The topological polar surface area (TPSA) is 127 Å². The molecule has 0 aromatic heterocycles. The molecule has 0 saturated carbocycles. The summed E-state index contributed by atoms with van der Waals surface area (Å²) >= 11 is 1.21. The van der Waals surface area contributed by atoms with Gasteiger partial charge < -0.3 is 14.6 Å². The fraction of sp³-hybridized carbons (Fsp3) is 0.857. The maximum Gasteiger partial charge on any atom is 0.465 e. The van der Waals surface area contributed by atoms with Gasteiger partial charge in [0.25, 0.3) is 0 Å². The van der Waals surface area contributed by atoms with Crippen LogP contribution in [0.1, 0.15) is 26.7 Å². The molecule has 0 radical (unpaired) electrons. The van der Waals surface area contributed by atoms with Gasteiger partial charge in [-0.2, -0.15) is 17.2 Å². The van der Waals surface area contributed by atoms with E-state index < -0.39 is 67.5 Å². The van der Waals surface area contributed by atoms with Gasteiger partial charge in [-0.15, -0.1) is 11.8 Å². The molecule has 3 saturated heterocycles. The van der Waals surface area contributed by atoms with Crippen LogP contribution in [0.15, 0.2) is 0 Å². The van der Waals surface area contributed by atoms with Gasteiger partial charge >= 0.3 is 27.3 Å². The van der Waals surface area contributed by atoms with E-state index in [0.717, 1.165) is 0 Å². The van der Waals surface area contributed by atoms with Crippen LogP contribution in [-0.2, 0) is 29.2 Å². The number of carbonyl (C=O) groups excluding carboxylic acids is 2. The van der Waals surface area contributed by atoms with Crippen LogP contribution >= 0.6 is 11.8 Å². The van der Waals surface area contributed by atoms with E-state index in [1.807, 2.05) is 0 Å². The number of fused-ring (bicyclic) bond motifs is 1. The second-order valence-corrected chi connectivity index (χ2v) is 9.51. The van der Waals surface area contributed by atoms with Crippen molar-refractivity contribution in [2.45, 2.75) is 60.3 Å². The van der Waals surface area contributed by atoms with E-state index in [-0.39, 0.29) is 12.8 Å². The maximum atomic E-state index is 13.5. The molecule has 2 N–H and O–H groups in total. The van der Waals surface area contributed by atoms with Crippen molar-refractivity contribution in [1.29, 1.82) is 0 Å². The van der Waals surface area contributed by atoms with Crippen LogP contribution in [-0.4, -0.2) is 63.6 Å². The van der Waals surface area contributed by atoms with Crippen molar-refractivity contribution in [2.75, 3.05) is 0 Å². The molecule has 3 aliphatic heterocycles. The van der Waals surface area contributed by atoms with E-state index >= 15 is 0 Å². The first-order chi connectivity index (χ1) is 11.9. The Hall–Kier alpha value is -0.980. The zero-order valence-corrected chi connectivity index (χ0v) is 15.4. The number of ether oxygens (including phenoxy) is 2. The second kappa shape index (κ2) is 6.01. The van der Waals surface area contributed by atoms with Gasteiger partial charge in [0.2, 0.25) is 0 Å². The van der Waals surface area contributed by atoms with Gasteiger partial charge in [-0.05, 0) is 12.8 Å². The lowest BCUT2D eigenvalue weighted by Crippen LogP contribution is -2.55. The molecule has 2 bridgehead atoms. The van der Waals surface area contributed by atoms with Crippen LogP contribution < -0.4 is 0 Å². The van der Waals surface area contributed by atoms with Crippen LogP contribution in [0.2, 0.25) is 0 Å². The molecule has 6 unspecified atom stereocenters. The van der Waals surface area contributed by atoms with E-state index in [4.69, 9.17) is 14.0 Å². The highest BCUT2D eigenvalue weighted by atomic mass is 32.2. The minimum absolute atomic E-state index is 0.286. The average molecular weight is 416 g/mol. The zero-order chi connectivity index (χ0) is 19.7. The summed E-state index contributed by atoms with van der Waals surface area (Å²) in [5, 5.41) is 4.57. The number of rotatable bonds is 6. The van der Waals surface area contributed by atoms with Gasteiger partial charge in [0.1, 0.15) is 0 Å². The van der Waals surface area contributed by atoms with Gasteiger partial charge in [-0.1, -0.05) is 13.8 Å². The first-order valence-electron chi connectivity index (χ1n) is 8.03. The number of thioether (sulfide) groups is 1. The minimum Gasteiger partial charge on any atom is -0.457 e. The minimum atomic E-state index is -6.00. The quantitative estimate of drug-likeness (QED) is 0.472. The highest BCUT2D eigenvalue weighted by Gasteiger charge is 2.72. The number of halogens is 2. The van der Waals surface area contributed by atoms with Gasteiger partial charge in [-0.25, -0.2) is 4.79 Å². The van der Waals surface area contributed by atoms with Gasteiger partial charge in [-0.3, -0.25) is 9.35 Å². The van der Waals surface area contributed by atoms with Crippen molar-refractivity contribution in [3.8, 4) is 0 Å². The molecule has 148 valence electrons. The maximum absolute atomic E-state index is 13.5. The number of esters is 2. The van der Waals surface area contributed by atoms with E-state index in [2.05, 4.69) is 0 Å². The molecule has 0 spiro atoms. The third kappa shape index (κ3) is 2.56. The lowest BCUT2D eigenvalue weighted by atomic mass is 9.67. The average Bonchev–Trinajstić information content (AvgIpc) is 3.16. The third-order valence-electron chi connectivity index (χ3n) is 5.55. The molecule has 3 heterocycles. The molecular formula is C14H18F2O8S2. The van der Waals surface area contributed by atoms with Crippen LogP contribution in [0.3, 0.4) is 0 Å². The lowest BCUT2D eigenvalue weighted by molar-refractivity contribution is -0.176. The first-order valence-corrected chi connectivity index (χ1v) is 10.4. The predicted molar refractivity (Wildman–Crippen MR) is 83.9 cm³/mol. The second-order valence-electron chi connectivity index (χ2n) is 6.69. The molecule has 0 aromatic carbocycles. The third-order valence-corrected chi connectivity index (χ3v) is 8.12. The highest BCUT2D eigenvalue weighted by molar-refractivity contribution is 8.01. The summed E-state index contributed by atoms with van der Waals surface area (Å²) in [5.74, 6) is -4.36. The Bertz CT molecular complexity index is 735. The SMILES string of the molecule is CCC(O)(CC)C1C2SC3C(OC(=O)C31)C2OC(=O)C(F)(F)S(=O)(=O)O. The predicted octanol–water partition coefficient (Wildman–Crippen LogP) is 0.585. The van der Waals surface area contributed by atoms with Gasteiger partial charge in [0.05, 0.1) is 22.0 Å². The molecule has 12 heteroatoms. The standard InChI is InChI=1S/C14H18F2O8S2/c1-3-13(19,4-2)6-5-9-7(23-11(5)17)8(10(6)25-9)24-12(18)14(15,16)26(20,21)22/h5-10,19H,3-4H2,1-2H3,(H,20,21,22). The fourth-order valence-electron chi connectivity index (χ4n) is 4.12. The zero-order valence-electron chi connectivity index (χ0n) is 13.8. The number of aliphatic hydroxyl groups is 1. The number of alkyl halides is 2. The number of carbonyl (C=O) groups is 2. The Kier molecular flexibility index (Phi) is 4.57. The Morgan fingerprint density at radius 1 is 1.31 bits per heavy atom. The Morgan fingerprint density at radius 2 is 1.88 bits per heavy atom. The first kappa shape index (κ1) is 19.8. The van der Waals surface area contributed by atoms with E-state index in [9.17, 15) is 31.9 Å². The summed E-state index contributed by atoms with van der Waals surface area (Å²) in [7, 11) is -6.00. The molecule has 8 nitrogen and oxygen atoms in total. The smallest absolute Gasteiger partial charge is 0.457 e. The van der Waals surface area contributed by atoms with Crippen molar-refractivity contribution in [1.82, 2.24) is 0 Å². The summed E-state index contributed by atoms with van der Waals surface area (Å²) in [6.45, 7) is 3.43. The lowest BCUT2D eigenvalue weighted by Gasteiger charge is -2.40. The molecular weight excluding hydrogens is 398 g/mol. The summed E-state index contributed by atoms with van der Waals surface area (Å²) in [4.78, 5) is 23.9. The fourth-order valence-corrected chi connectivity index (χ4v) is 6.51. The van der Waals surface area contributed by atoms with E-state index in [1.165, 1.54) is 11.8 Å². The highest BCUT2D eigenvalue weighted by Crippen LogP contribution is 2.62. The number of hydrogen-bond acceptors (Lipinski definition) is 8. The largest absolute Gasteiger partial charge is 0.465 e. The number of hydrogen-bond donors (Lipinski definition) is 2. The van der Waals surface area contributed by atoms with E-state index in [0.29, 0.717) is 0 Å². The van der Waals surface area contributed by atoms with Crippen molar-refractivity contribution in [2.24, 2.45) is 11.8 Å². The van der Waals surface area contributed by atoms with Crippen molar-refractivity contribution in [3.63, 3.8) is 0 Å². The Morgan fingerprint density at radius 3 is 2.38 bits per heavy atom. The molecule has 6 atom stereocenters. The molecule has 26 heavy (non-hydrogen) atoms. The summed E-state index contributed by atoms with van der Waals surface area (Å²) in [6, 6.07) is 0. The molecule has 0 aromatic rings. The van der Waals surface area contributed by atoms with Gasteiger partial charge in [0, 0.05) is 5.92 Å². The van der Waals surface area contributed by atoms with Crippen LogP contribution in [0.5, 0.6) is 0 Å². The molecule has 0 aliphatic carbocycles. The van der Waals surface area contributed by atoms with Crippen molar-refractivity contribution < 1.29 is 45.9 Å². The summed E-state index contributed by atoms with van der Waals surface area (Å²) in [5.41, 5.74) is -1.29. The molecule has 3 fully saturated rings. The van der Waals surface area contributed by atoms with Crippen LogP contribution in [0.4, 0.5) is 8.78 Å². The molecule has 0 amide bonds. The van der Waals surface area contributed by atoms with Gasteiger partial charge in [0.15, 0.2) is 12.2 Å². The Labute approximate surface area is 152 Å². The normalized spacial score (nSPS) is 36.3.